The molecule has 0 saturated carbocycles. The van der Waals surface area contributed by atoms with Crippen molar-refractivity contribution in [1.29, 1.82) is 0 Å². The Morgan fingerprint density at radius 2 is 1.04 bits per heavy atom. The first-order valence-corrected chi connectivity index (χ1v) is 11.4. The van der Waals surface area contributed by atoms with Gasteiger partial charge in [-0.05, 0) is 62.8 Å². The minimum atomic E-state index is -4.18. The molecule has 12 heteroatoms. The van der Waals surface area contributed by atoms with Crippen molar-refractivity contribution in [2.45, 2.75) is 39.5 Å². The third kappa shape index (κ3) is 14.6. The van der Waals surface area contributed by atoms with Crippen LogP contribution in [-0.2, 0) is 20.2 Å². The Bertz CT molecular complexity index is 727. The van der Waals surface area contributed by atoms with Crippen molar-refractivity contribution in [3.8, 4) is 11.5 Å². The van der Waals surface area contributed by atoms with Gasteiger partial charge in [0.15, 0.2) is 0 Å². The molecule has 0 aliphatic carbocycles. The molecule has 28 heavy (non-hydrogen) atoms. The van der Waals surface area contributed by atoms with Crippen LogP contribution in [0.15, 0.2) is 12.1 Å². The van der Waals surface area contributed by atoms with Crippen LogP contribution in [0.25, 0.3) is 0 Å². The molecule has 0 aliphatic heterocycles. The molecule has 0 spiro atoms. The Morgan fingerprint density at radius 3 is 1.32 bits per heavy atom. The molecule has 0 radical (unpaired) electrons. The molecule has 0 N–H and O–H groups in total. The minimum Gasteiger partial charge on any atom is -0.748 e. The summed E-state index contributed by atoms with van der Waals surface area (Å²) in [6.45, 7) is 4.29. The van der Waals surface area contributed by atoms with Crippen molar-refractivity contribution in [3.05, 3.63) is 23.3 Å². The van der Waals surface area contributed by atoms with Crippen LogP contribution in [0.3, 0.4) is 0 Å². The van der Waals surface area contributed by atoms with Gasteiger partial charge in [0.1, 0.15) is 11.5 Å². The predicted molar refractivity (Wildman–Crippen MR) is 94.5 cm³/mol. The number of hydrogen-bond acceptors (Lipinski definition) is 8. The maximum atomic E-state index is 10.5. The zero-order valence-corrected chi connectivity index (χ0v) is 22.5. The first kappa shape index (κ1) is 30.8. The van der Waals surface area contributed by atoms with Gasteiger partial charge in [0.2, 0.25) is 0 Å². The number of benzene rings is 1. The second-order valence-electron chi connectivity index (χ2n) is 6.02. The van der Waals surface area contributed by atoms with Gasteiger partial charge >= 0.3 is 59.1 Å². The van der Waals surface area contributed by atoms with Crippen LogP contribution in [0, 0.1) is 13.8 Å². The summed E-state index contributed by atoms with van der Waals surface area (Å²) in [6, 6.07) is 3.61. The van der Waals surface area contributed by atoms with Crippen LogP contribution in [0.2, 0.25) is 0 Å². The Labute approximate surface area is 211 Å². The summed E-state index contributed by atoms with van der Waals surface area (Å²) in [4.78, 5) is 0. The molecular formula is C16H24Na2O8S2. The van der Waals surface area contributed by atoms with Crippen molar-refractivity contribution < 1.29 is 94.5 Å². The Kier molecular flexibility index (Phi) is 16.1. The van der Waals surface area contributed by atoms with Gasteiger partial charge in [0.05, 0.1) is 33.5 Å². The zero-order chi connectivity index (χ0) is 19.8. The molecule has 1 aromatic rings. The van der Waals surface area contributed by atoms with E-state index in [4.69, 9.17) is 9.47 Å². The third-order valence-electron chi connectivity index (χ3n) is 3.56. The molecule has 0 bridgehead atoms. The van der Waals surface area contributed by atoms with E-state index in [-0.39, 0.29) is 72.0 Å². The molecule has 0 aromatic heterocycles. The smallest absolute Gasteiger partial charge is 0.748 e. The largest absolute Gasteiger partial charge is 1.00 e. The van der Waals surface area contributed by atoms with Gasteiger partial charge in [-0.25, -0.2) is 16.8 Å². The van der Waals surface area contributed by atoms with Crippen LogP contribution in [0.4, 0.5) is 0 Å². The molecule has 0 atom stereocenters. The number of aryl methyl sites for hydroxylation is 2. The molecule has 0 amide bonds. The van der Waals surface area contributed by atoms with Gasteiger partial charge in [-0.3, -0.25) is 0 Å². The van der Waals surface area contributed by atoms with Crippen molar-refractivity contribution in [3.63, 3.8) is 0 Å². The number of hydrogen-bond donors (Lipinski definition) is 0. The van der Waals surface area contributed by atoms with Gasteiger partial charge in [0.25, 0.3) is 0 Å². The Morgan fingerprint density at radius 1 is 0.714 bits per heavy atom. The van der Waals surface area contributed by atoms with Crippen molar-refractivity contribution in [2.24, 2.45) is 0 Å². The summed E-state index contributed by atoms with van der Waals surface area (Å²) in [5.74, 6) is 0.512. The second-order valence-corrected chi connectivity index (χ2v) is 9.07. The fraction of sp³-hybridized carbons (Fsp3) is 0.625. The standard InChI is InChI=1S/C16H26O8S2.2Na/c1-13-11-16(24-8-4-6-10-26(20,21)22)14(2)12-15(13)23-7-3-5-9-25(17,18)19;;/h11-12H,3-10H2,1-2H3,(H,17,18,19)(H,20,21,22);;/q;2*+1/p-2. The van der Waals surface area contributed by atoms with Gasteiger partial charge in [-0.2, -0.15) is 0 Å². The number of rotatable bonds is 12. The zero-order valence-electron chi connectivity index (χ0n) is 16.9. The summed E-state index contributed by atoms with van der Waals surface area (Å²) in [6.07, 6.45) is 1.43. The summed E-state index contributed by atoms with van der Waals surface area (Å²) in [5.41, 5.74) is 1.67. The number of ether oxygens (including phenoxy) is 2. The molecule has 0 heterocycles. The van der Waals surface area contributed by atoms with Crippen molar-refractivity contribution in [1.82, 2.24) is 0 Å². The fourth-order valence-electron chi connectivity index (χ4n) is 2.20. The molecule has 0 aliphatic rings. The average Bonchev–Trinajstić information content (AvgIpc) is 2.48. The first-order valence-electron chi connectivity index (χ1n) is 8.22. The molecular weight excluding hydrogens is 430 g/mol. The van der Waals surface area contributed by atoms with E-state index in [0.29, 0.717) is 37.6 Å². The molecule has 1 aromatic carbocycles. The normalized spacial score (nSPS) is 11.3. The molecule has 150 valence electrons. The molecule has 0 saturated heterocycles. The Balaban J connectivity index is 0. The SMILES string of the molecule is Cc1cc(OCCCCS(=O)(=O)[O-])c(C)cc1OCCCCS(=O)(=O)[O-].[Na+].[Na+]. The van der Waals surface area contributed by atoms with E-state index in [1.54, 1.807) is 12.1 Å². The maximum Gasteiger partial charge on any atom is 1.00 e. The van der Waals surface area contributed by atoms with E-state index in [0.717, 1.165) is 11.1 Å². The van der Waals surface area contributed by atoms with E-state index >= 15 is 0 Å². The average molecular weight is 454 g/mol. The van der Waals surface area contributed by atoms with E-state index in [1.807, 2.05) is 13.8 Å². The Hall–Kier alpha value is 0.640. The van der Waals surface area contributed by atoms with Crippen LogP contribution < -0.4 is 68.6 Å². The summed E-state index contributed by atoms with van der Waals surface area (Å²) >= 11 is 0. The van der Waals surface area contributed by atoms with E-state index in [9.17, 15) is 25.9 Å². The number of unbranched alkanes of at least 4 members (excludes halogenated alkanes) is 2. The van der Waals surface area contributed by atoms with Gasteiger partial charge in [-0.1, -0.05) is 0 Å². The second kappa shape index (κ2) is 14.6. The molecule has 1 rings (SSSR count). The predicted octanol–water partition coefficient (Wildman–Crippen LogP) is -4.28. The molecule has 0 fully saturated rings. The van der Waals surface area contributed by atoms with Crippen LogP contribution >= 0.6 is 0 Å². The monoisotopic (exact) mass is 454 g/mol. The molecule has 0 unspecified atom stereocenters. The first-order chi connectivity index (χ1) is 12.0. The third-order valence-corrected chi connectivity index (χ3v) is 5.14. The van der Waals surface area contributed by atoms with Crippen LogP contribution in [0.5, 0.6) is 11.5 Å². The van der Waals surface area contributed by atoms with Crippen LogP contribution in [-0.4, -0.2) is 50.7 Å². The quantitative estimate of drug-likeness (QED) is 0.176. The summed E-state index contributed by atoms with van der Waals surface area (Å²) in [5, 5.41) is 0. The van der Waals surface area contributed by atoms with Gasteiger partial charge < -0.3 is 18.6 Å². The van der Waals surface area contributed by atoms with E-state index in [1.165, 1.54) is 0 Å². The van der Waals surface area contributed by atoms with E-state index in [2.05, 4.69) is 0 Å². The summed E-state index contributed by atoms with van der Waals surface area (Å²) in [7, 11) is -8.37. The van der Waals surface area contributed by atoms with Crippen molar-refractivity contribution in [2.75, 3.05) is 24.7 Å². The van der Waals surface area contributed by atoms with Gasteiger partial charge in [-0.15, -0.1) is 0 Å². The summed E-state index contributed by atoms with van der Waals surface area (Å²) < 4.78 is 74.4. The fourth-order valence-corrected chi connectivity index (χ4v) is 3.32. The van der Waals surface area contributed by atoms with E-state index < -0.39 is 31.7 Å². The maximum absolute atomic E-state index is 10.5. The van der Waals surface area contributed by atoms with Gasteiger partial charge in [0, 0.05) is 11.5 Å². The molecule has 8 nitrogen and oxygen atoms in total. The topological polar surface area (TPSA) is 133 Å². The van der Waals surface area contributed by atoms with Crippen LogP contribution in [0.1, 0.15) is 36.8 Å². The van der Waals surface area contributed by atoms with Crippen molar-refractivity contribution >= 4 is 20.2 Å². The minimum absolute atomic E-state index is 0.